The van der Waals surface area contributed by atoms with Crippen molar-refractivity contribution in [3.05, 3.63) is 131 Å². The highest BCUT2D eigenvalue weighted by Gasteiger charge is 2.26. The van der Waals surface area contributed by atoms with E-state index in [1.165, 1.54) is 60.9 Å². The van der Waals surface area contributed by atoms with Gasteiger partial charge in [0.05, 0.1) is 60.5 Å². The predicted molar refractivity (Wildman–Crippen MR) is 219 cm³/mol. The second kappa shape index (κ2) is 18.9. The molecule has 0 aliphatic carbocycles. The number of halogens is 1. The highest BCUT2D eigenvalue weighted by atomic mass is 19.1. The number of aromatic carboxylic acids is 1. The number of aromatic nitrogens is 4. The molecule has 22 heteroatoms. The van der Waals surface area contributed by atoms with Crippen LogP contribution in [0.4, 0.5) is 27.1 Å². The van der Waals surface area contributed by atoms with Crippen molar-refractivity contribution in [3.8, 4) is 28.7 Å². The van der Waals surface area contributed by atoms with Crippen LogP contribution >= 0.6 is 0 Å². The van der Waals surface area contributed by atoms with Gasteiger partial charge in [0.15, 0.2) is 23.0 Å². The van der Waals surface area contributed by atoms with E-state index in [4.69, 9.17) is 9.47 Å². The fourth-order valence-corrected chi connectivity index (χ4v) is 5.91. The van der Waals surface area contributed by atoms with Crippen molar-refractivity contribution in [2.75, 3.05) is 35.5 Å². The molecule has 0 spiro atoms. The number of anilines is 4. The number of rotatable bonds is 15. The molecular formula is C41H34FN9O12. The van der Waals surface area contributed by atoms with Crippen molar-refractivity contribution in [1.29, 1.82) is 0 Å². The van der Waals surface area contributed by atoms with Crippen LogP contribution in [-0.2, 0) is 11.2 Å². The van der Waals surface area contributed by atoms with Crippen molar-refractivity contribution < 1.29 is 63.1 Å². The molecular weight excluding hydrogens is 830 g/mol. The molecule has 21 nitrogen and oxygen atoms in total. The van der Waals surface area contributed by atoms with Gasteiger partial charge in [-0.05, 0) is 72.8 Å². The zero-order chi connectivity index (χ0) is 45.4. The summed E-state index contributed by atoms with van der Waals surface area (Å²) in [7, 11) is 2.29. The van der Waals surface area contributed by atoms with Crippen LogP contribution in [0.5, 0.6) is 28.7 Å². The minimum Gasteiger partial charge on any atom is -0.507 e. The van der Waals surface area contributed by atoms with Crippen LogP contribution in [0.1, 0.15) is 57.6 Å². The first-order valence-electron chi connectivity index (χ1n) is 18.2. The lowest BCUT2D eigenvalue weighted by Gasteiger charge is -2.18. The zero-order valence-electron chi connectivity index (χ0n) is 32.7. The number of phenolic OH excluding ortho intramolecular Hbond substituents is 2. The Labute approximate surface area is 353 Å². The van der Waals surface area contributed by atoms with Gasteiger partial charge in [-0.25, -0.2) is 14.2 Å². The summed E-state index contributed by atoms with van der Waals surface area (Å²) in [5, 5.41) is 63.9. The first-order chi connectivity index (χ1) is 30.2. The number of carbonyl (C=O) groups excluding carboxylic acids is 5. The van der Waals surface area contributed by atoms with Gasteiger partial charge in [0.1, 0.15) is 28.9 Å². The number of ether oxygens (including phenoxy) is 2. The molecule has 0 radical (unpaired) electrons. The Kier molecular flexibility index (Phi) is 13.0. The lowest BCUT2D eigenvalue weighted by atomic mass is 10.1. The van der Waals surface area contributed by atoms with E-state index in [2.05, 4.69) is 47.0 Å². The number of aromatic hydroxyl groups is 3. The highest BCUT2D eigenvalue weighted by molar-refractivity contribution is 6.11. The average Bonchev–Trinajstić information content (AvgIpc) is 3.77. The quantitative estimate of drug-likeness (QED) is 0.0700. The topological polar surface area (TPSA) is 316 Å². The van der Waals surface area contributed by atoms with Gasteiger partial charge in [-0.1, -0.05) is 5.21 Å². The van der Waals surface area contributed by atoms with Crippen molar-refractivity contribution in [2.45, 2.75) is 12.5 Å². The number of nitrogens with zero attached hydrogens (tertiary/aromatic N) is 3. The fraction of sp³-hybridized carbons (Fsp3) is 0.0976. The number of benzene rings is 4. The molecule has 63 heavy (non-hydrogen) atoms. The molecule has 2 heterocycles. The summed E-state index contributed by atoms with van der Waals surface area (Å²) in [6.45, 7) is 0. The van der Waals surface area contributed by atoms with Gasteiger partial charge in [0.25, 0.3) is 23.6 Å². The van der Waals surface area contributed by atoms with Crippen LogP contribution in [-0.4, -0.2) is 96.6 Å². The first kappa shape index (κ1) is 43.5. The normalized spacial score (nSPS) is 11.1. The van der Waals surface area contributed by atoms with E-state index in [0.717, 1.165) is 44.6 Å². The number of carboxylic acid groups (broad SMARTS) is 1. The number of methoxy groups -OCH3 is 2. The number of carboxylic acids is 1. The summed E-state index contributed by atoms with van der Waals surface area (Å²) < 4.78 is 23.5. The molecule has 0 fully saturated rings. The van der Waals surface area contributed by atoms with E-state index in [0.29, 0.717) is 5.69 Å². The van der Waals surface area contributed by atoms with Gasteiger partial charge < -0.3 is 56.5 Å². The minimum absolute atomic E-state index is 0.0172. The highest BCUT2D eigenvalue weighted by Crippen LogP contribution is 2.41. The summed E-state index contributed by atoms with van der Waals surface area (Å²) in [4.78, 5) is 81.2. The van der Waals surface area contributed by atoms with Gasteiger partial charge in [-0.2, -0.15) is 0 Å². The summed E-state index contributed by atoms with van der Waals surface area (Å²) in [5.41, 5.74) is -0.664. The van der Waals surface area contributed by atoms with E-state index in [-0.39, 0.29) is 63.1 Å². The number of nitrogens with one attached hydrogen (secondary N) is 6. The van der Waals surface area contributed by atoms with E-state index >= 15 is 0 Å². The third kappa shape index (κ3) is 10.0. The van der Waals surface area contributed by atoms with Gasteiger partial charge >= 0.3 is 5.97 Å². The van der Waals surface area contributed by atoms with Crippen molar-refractivity contribution in [3.63, 3.8) is 0 Å². The van der Waals surface area contributed by atoms with Crippen molar-refractivity contribution in [2.24, 2.45) is 0 Å². The molecule has 4 aromatic carbocycles. The molecule has 6 aromatic rings. The summed E-state index contributed by atoms with van der Waals surface area (Å²) in [6.07, 6.45) is 2.45. The third-order valence-electron chi connectivity index (χ3n) is 9.02. The van der Waals surface area contributed by atoms with Crippen LogP contribution in [0.25, 0.3) is 0 Å². The Hall–Kier alpha value is -9.08. The molecule has 5 amide bonds. The zero-order valence-corrected chi connectivity index (χ0v) is 32.7. The largest absolute Gasteiger partial charge is 0.507 e. The molecule has 1 unspecified atom stereocenters. The first-order valence-corrected chi connectivity index (χ1v) is 18.2. The van der Waals surface area contributed by atoms with E-state index < -0.39 is 70.2 Å². The fourth-order valence-electron chi connectivity index (χ4n) is 5.91. The van der Waals surface area contributed by atoms with Gasteiger partial charge in [-0.3, -0.25) is 29.1 Å². The Balaban J connectivity index is 1.11. The number of pyridine rings is 1. The Morgan fingerprint density at radius 1 is 0.683 bits per heavy atom. The number of hydrogen-bond donors (Lipinski definition) is 10. The average molecular weight is 864 g/mol. The Morgan fingerprint density at radius 2 is 1.29 bits per heavy atom. The smallest absolute Gasteiger partial charge is 0.339 e. The number of phenols is 3. The molecule has 1 atom stereocenters. The van der Waals surface area contributed by atoms with Crippen molar-refractivity contribution in [1.82, 2.24) is 25.7 Å². The number of carbonyl (C=O) groups is 6. The van der Waals surface area contributed by atoms with Crippen molar-refractivity contribution >= 4 is 58.3 Å². The second-order valence-corrected chi connectivity index (χ2v) is 13.1. The Morgan fingerprint density at radius 3 is 1.86 bits per heavy atom. The third-order valence-corrected chi connectivity index (χ3v) is 9.02. The maximum absolute atomic E-state index is 13.5. The molecule has 0 saturated carbocycles. The Bertz CT molecular complexity index is 2730. The maximum atomic E-state index is 13.5. The molecule has 0 aliphatic heterocycles. The van der Waals surface area contributed by atoms with Crippen LogP contribution in [0, 0.1) is 5.82 Å². The molecule has 6 rings (SSSR count). The van der Waals surface area contributed by atoms with E-state index in [9.17, 15) is 53.6 Å². The SMILES string of the molecule is COc1c(NC(=O)c2ccc(NC(=O)c3ccc(NC(=O)C(Cc4cnn[nH]4)NC(=O)c4ccc(NC(=O)c5ccc(F)cc5)cn4)cc3O)c(OC)c2O)ccc(C(=O)O)c1O. The summed E-state index contributed by atoms with van der Waals surface area (Å²) >= 11 is 0. The monoisotopic (exact) mass is 863 g/mol. The molecule has 0 saturated heterocycles. The molecule has 10 N–H and O–H groups in total. The summed E-state index contributed by atoms with van der Waals surface area (Å²) in [6, 6.07) is 14.4. The number of hydrogen-bond acceptors (Lipinski definition) is 14. The van der Waals surface area contributed by atoms with Crippen LogP contribution in [0.2, 0.25) is 0 Å². The molecule has 0 bridgehead atoms. The van der Waals surface area contributed by atoms with Gasteiger partial charge in [-0.15, -0.1) is 5.10 Å². The molecule has 2 aromatic heterocycles. The molecule has 322 valence electrons. The molecule has 0 aliphatic rings. The lowest BCUT2D eigenvalue weighted by Crippen LogP contribution is -2.45. The summed E-state index contributed by atoms with van der Waals surface area (Å²) in [5.74, 6) is -8.59. The minimum atomic E-state index is -1.44. The number of aromatic amines is 1. The standard InChI is InChI=1S/C41H34FN9O12/c1-62-34-27(13-10-25(32(34)53)38(57)48-28-14-11-26(41(60)61)33(54)35(28)63-2)47-37(56)24-9-7-21(16-31(24)52)45-40(59)30(15-23-18-44-51-50-23)49-39(58)29-12-8-22(17-43-29)46-36(55)19-3-5-20(42)6-4-19/h3-14,16-18,30,52-54H,15H2,1-2H3,(H,45,59)(H,46,55)(H,47,56)(H,48,57)(H,49,58)(H,60,61)(H,44,50,51). The number of H-pyrrole nitrogens is 1. The lowest BCUT2D eigenvalue weighted by molar-refractivity contribution is -0.118. The van der Waals surface area contributed by atoms with Crippen LogP contribution in [0.15, 0.2) is 91.3 Å². The van der Waals surface area contributed by atoms with E-state index in [1.807, 2.05) is 0 Å². The van der Waals surface area contributed by atoms with E-state index in [1.54, 1.807) is 0 Å². The van der Waals surface area contributed by atoms with Crippen LogP contribution < -0.4 is 36.1 Å². The maximum Gasteiger partial charge on any atom is 0.339 e. The predicted octanol–water partition coefficient (Wildman–Crippen LogP) is 3.91. The second-order valence-electron chi connectivity index (χ2n) is 13.1. The van der Waals surface area contributed by atoms with Gasteiger partial charge in [0, 0.05) is 23.7 Å². The van der Waals surface area contributed by atoms with Crippen LogP contribution in [0.3, 0.4) is 0 Å². The van der Waals surface area contributed by atoms with Gasteiger partial charge in [0.2, 0.25) is 5.91 Å². The number of amides is 5.